The maximum Gasteiger partial charge on any atom is 0.132 e. The van der Waals surface area contributed by atoms with Gasteiger partial charge in [0.15, 0.2) is 0 Å². The Morgan fingerprint density at radius 2 is 1.71 bits per heavy atom. The van der Waals surface area contributed by atoms with Gasteiger partial charge in [-0.15, -0.1) is 0 Å². The van der Waals surface area contributed by atoms with Crippen LogP contribution in [0, 0.1) is 0 Å². The highest BCUT2D eigenvalue weighted by atomic mass is 16.5. The van der Waals surface area contributed by atoms with E-state index in [-0.39, 0.29) is 0 Å². The van der Waals surface area contributed by atoms with Gasteiger partial charge in [0.05, 0.1) is 0 Å². The van der Waals surface area contributed by atoms with Gasteiger partial charge in [-0.3, -0.25) is 4.98 Å². The average molecular weight is 506 g/mol. The zero-order valence-electron chi connectivity index (χ0n) is 21.9. The van der Waals surface area contributed by atoms with Crippen molar-refractivity contribution in [1.82, 2.24) is 14.9 Å². The van der Waals surface area contributed by atoms with Gasteiger partial charge in [0.2, 0.25) is 0 Å². The highest BCUT2D eigenvalue weighted by Crippen LogP contribution is 2.30. The first-order valence-corrected chi connectivity index (χ1v) is 13.3. The average Bonchev–Trinajstić information content (AvgIpc) is 3.31. The number of hydrogen-bond donors (Lipinski definition) is 2. The molecular formula is C32H35N5O. The summed E-state index contributed by atoms with van der Waals surface area (Å²) in [6.45, 7) is 7.21. The van der Waals surface area contributed by atoms with Gasteiger partial charge in [-0.05, 0) is 80.1 Å². The predicted octanol–water partition coefficient (Wildman–Crippen LogP) is 5.14. The third-order valence-electron chi connectivity index (χ3n) is 7.24. The van der Waals surface area contributed by atoms with Gasteiger partial charge in [-0.25, -0.2) is 4.99 Å². The third-order valence-corrected chi connectivity index (χ3v) is 7.24. The van der Waals surface area contributed by atoms with E-state index >= 15 is 0 Å². The van der Waals surface area contributed by atoms with Crippen molar-refractivity contribution in [3.8, 4) is 22.6 Å². The van der Waals surface area contributed by atoms with Crippen LogP contribution in [0.15, 0.2) is 90.3 Å². The molecule has 2 heterocycles. The van der Waals surface area contributed by atoms with E-state index in [0.717, 1.165) is 65.4 Å². The van der Waals surface area contributed by atoms with Crippen LogP contribution in [-0.2, 0) is 6.54 Å². The number of benzene rings is 2. The molecular weight excluding hydrogens is 470 g/mol. The lowest BCUT2D eigenvalue weighted by Gasteiger charge is -2.30. The van der Waals surface area contributed by atoms with Crippen molar-refractivity contribution in [3.63, 3.8) is 0 Å². The first-order chi connectivity index (χ1) is 18.6. The number of ether oxygens (including phenoxy) is 1. The summed E-state index contributed by atoms with van der Waals surface area (Å²) in [6.07, 6.45) is 12.0. The molecule has 2 aromatic carbocycles. The number of hydrogen-bond acceptors (Lipinski definition) is 5. The van der Waals surface area contributed by atoms with Crippen molar-refractivity contribution in [2.45, 2.75) is 51.2 Å². The Bertz CT molecular complexity index is 1470. The number of nitrogens with one attached hydrogen (secondary N) is 1. The molecule has 1 fully saturated rings. The number of pyridine rings is 1. The van der Waals surface area contributed by atoms with Gasteiger partial charge in [0.25, 0.3) is 0 Å². The minimum absolute atomic E-state index is 0.382. The zero-order valence-corrected chi connectivity index (χ0v) is 21.9. The maximum absolute atomic E-state index is 6.46. The Morgan fingerprint density at radius 3 is 2.39 bits per heavy atom. The fourth-order valence-electron chi connectivity index (χ4n) is 5.25. The molecule has 0 spiro atoms. The normalized spacial score (nSPS) is 18.4. The van der Waals surface area contributed by atoms with Crippen molar-refractivity contribution in [3.05, 3.63) is 101 Å². The number of aliphatic imine (C=N–C) groups is 1. The van der Waals surface area contributed by atoms with Crippen LogP contribution in [-0.4, -0.2) is 21.8 Å². The summed E-state index contributed by atoms with van der Waals surface area (Å²) < 4.78 is 8.30. The lowest BCUT2D eigenvalue weighted by Crippen LogP contribution is -2.37. The molecule has 0 bridgehead atoms. The summed E-state index contributed by atoms with van der Waals surface area (Å²) in [5.74, 6) is 2.09. The predicted molar refractivity (Wildman–Crippen MR) is 155 cm³/mol. The van der Waals surface area contributed by atoms with Gasteiger partial charge < -0.3 is 20.4 Å². The van der Waals surface area contributed by atoms with Crippen molar-refractivity contribution in [2.24, 2.45) is 10.7 Å². The van der Waals surface area contributed by atoms with Crippen LogP contribution in [0.3, 0.4) is 0 Å². The number of aromatic nitrogens is 2. The Balaban J connectivity index is 1.35. The number of rotatable bonds is 8. The third kappa shape index (κ3) is 5.87. The molecule has 6 heteroatoms. The number of nitrogens with two attached hydrogens (primary N) is 1. The van der Waals surface area contributed by atoms with E-state index in [1.54, 1.807) is 6.21 Å². The van der Waals surface area contributed by atoms with Crippen molar-refractivity contribution < 1.29 is 4.74 Å². The second kappa shape index (κ2) is 11.9. The van der Waals surface area contributed by atoms with Crippen LogP contribution in [0.2, 0.25) is 0 Å². The fourth-order valence-corrected chi connectivity index (χ4v) is 5.25. The van der Waals surface area contributed by atoms with Crippen LogP contribution in [0.1, 0.15) is 44.2 Å². The molecule has 0 saturated heterocycles. The van der Waals surface area contributed by atoms with Gasteiger partial charge in [0, 0.05) is 59.6 Å². The lowest BCUT2D eigenvalue weighted by atomic mass is 9.91. The SMILES string of the molecule is C=c1/c(=C(N)\N=C/C)c(-c2ccc(Oc3ccccc3)cc2)cn1C1CCC(NCc2ccncc2)CC1. The van der Waals surface area contributed by atoms with E-state index in [1.165, 1.54) is 5.56 Å². The highest BCUT2D eigenvalue weighted by Gasteiger charge is 2.23. The largest absolute Gasteiger partial charge is 0.457 e. The Morgan fingerprint density at radius 1 is 1.03 bits per heavy atom. The summed E-state index contributed by atoms with van der Waals surface area (Å²) in [4.78, 5) is 8.52. The molecule has 0 unspecified atom stereocenters. The van der Waals surface area contributed by atoms with E-state index in [2.05, 4.69) is 56.9 Å². The standard InChI is InChI=1S/C32H35N5O/c1-3-35-32(33)31-23(2)37(27-13-11-26(12-14-27)36-21-24-17-19-34-20-18-24)22-30(31)25-9-15-29(16-10-25)38-28-7-5-4-6-8-28/h3-10,15-20,22,26-27,36H,2,11-14,21,33H2,1H3/b32-31+,35-3-. The van der Waals surface area contributed by atoms with Crippen molar-refractivity contribution >= 4 is 18.6 Å². The number of nitrogens with zero attached hydrogens (tertiary/aromatic N) is 3. The summed E-state index contributed by atoms with van der Waals surface area (Å²) in [6, 6.07) is 23.0. The quantitative estimate of drug-likeness (QED) is 0.325. The molecule has 1 saturated carbocycles. The van der Waals surface area contributed by atoms with Gasteiger partial charge in [-0.1, -0.05) is 36.9 Å². The van der Waals surface area contributed by atoms with Crippen LogP contribution in [0.5, 0.6) is 11.5 Å². The van der Waals surface area contributed by atoms with Crippen LogP contribution >= 0.6 is 0 Å². The fraction of sp³-hybridized carbons (Fsp3) is 0.250. The first kappa shape index (κ1) is 25.5. The molecule has 0 amide bonds. The molecule has 3 N–H and O–H groups in total. The Hall–Kier alpha value is -4.16. The minimum Gasteiger partial charge on any atom is -0.457 e. The minimum atomic E-state index is 0.382. The van der Waals surface area contributed by atoms with Gasteiger partial charge in [-0.2, -0.15) is 0 Å². The Labute approximate surface area is 224 Å². The molecule has 0 aliphatic heterocycles. The number of para-hydroxylation sites is 1. The van der Waals surface area contributed by atoms with Crippen LogP contribution < -0.4 is 26.4 Å². The van der Waals surface area contributed by atoms with Crippen LogP contribution in [0.25, 0.3) is 23.5 Å². The van der Waals surface area contributed by atoms with E-state index in [0.29, 0.717) is 17.9 Å². The molecule has 2 aromatic heterocycles. The van der Waals surface area contributed by atoms with Crippen molar-refractivity contribution in [1.29, 1.82) is 0 Å². The van der Waals surface area contributed by atoms with Gasteiger partial charge >= 0.3 is 0 Å². The Kier molecular flexibility index (Phi) is 8.00. The van der Waals surface area contributed by atoms with Gasteiger partial charge in [0.1, 0.15) is 17.3 Å². The zero-order chi connectivity index (χ0) is 26.3. The second-order valence-electron chi connectivity index (χ2n) is 9.73. The molecule has 1 aliphatic rings. The smallest absolute Gasteiger partial charge is 0.132 e. The summed E-state index contributed by atoms with van der Waals surface area (Å²) in [5.41, 5.74) is 9.84. The molecule has 194 valence electrons. The molecule has 0 atom stereocenters. The summed E-state index contributed by atoms with van der Waals surface area (Å²) >= 11 is 0. The topological polar surface area (TPSA) is 77.5 Å². The van der Waals surface area contributed by atoms with Crippen molar-refractivity contribution in [2.75, 3.05) is 0 Å². The molecule has 1 aliphatic carbocycles. The molecule has 38 heavy (non-hydrogen) atoms. The molecule has 4 aromatic rings. The van der Waals surface area contributed by atoms with E-state index in [9.17, 15) is 0 Å². The molecule has 6 nitrogen and oxygen atoms in total. The maximum atomic E-state index is 6.46. The molecule has 5 rings (SSSR count). The second-order valence-corrected chi connectivity index (χ2v) is 9.73. The van der Waals surface area contributed by atoms with Crippen LogP contribution in [0.4, 0.5) is 0 Å². The lowest BCUT2D eigenvalue weighted by molar-refractivity contribution is 0.287. The van der Waals surface area contributed by atoms with E-state index in [1.807, 2.05) is 61.8 Å². The highest BCUT2D eigenvalue weighted by molar-refractivity contribution is 5.70. The first-order valence-electron chi connectivity index (χ1n) is 13.3. The summed E-state index contributed by atoms with van der Waals surface area (Å²) in [7, 11) is 0. The van der Waals surface area contributed by atoms with E-state index in [4.69, 9.17) is 10.5 Å². The molecule has 0 radical (unpaired) electrons. The summed E-state index contributed by atoms with van der Waals surface area (Å²) in [5, 5.41) is 5.53. The van der Waals surface area contributed by atoms with E-state index < -0.39 is 0 Å². The monoisotopic (exact) mass is 505 g/mol.